The second kappa shape index (κ2) is 5.18. The van der Waals surface area contributed by atoms with Crippen LogP contribution in [0.15, 0.2) is 0 Å². The number of hydrogen-bond donors (Lipinski definition) is 1. The average Bonchev–Trinajstić information content (AvgIpc) is 2.05. The molecule has 0 aliphatic heterocycles. The number of aliphatic hydroxyl groups excluding tert-OH is 1. The second-order valence-electron chi connectivity index (χ2n) is 3.56. The third-order valence-corrected chi connectivity index (χ3v) is 2.21. The molecule has 0 aliphatic carbocycles. The predicted molar refractivity (Wildman–Crippen MR) is 51.9 cm³/mol. The molecule has 0 aromatic heterocycles. The largest absolute Gasteiger partial charge is 0.396 e. The van der Waals surface area contributed by atoms with Crippen LogP contribution in [-0.2, 0) is 0 Å². The lowest BCUT2D eigenvalue weighted by Crippen LogP contribution is -2.40. The van der Waals surface area contributed by atoms with Gasteiger partial charge in [-0.3, -0.25) is 4.90 Å². The highest BCUT2D eigenvalue weighted by atomic mass is 16.2. The Bertz CT molecular complexity index is 158. The summed E-state index contributed by atoms with van der Waals surface area (Å²) in [4.78, 5) is 2.13. The van der Waals surface area contributed by atoms with Crippen LogP contribution in [0, 0.1) is 12.3 Å². The van der Waals surface area contributed by atoms with Gasteiger partial charge in [-0.2, -0.15) is 0 Å². The molecule has 0 aromatic rings. The first-order valence-electron chi connectivity index (χ1n) is 4.34. The first-order chi connectivity index (χ1) is 5.54. The van der Waals surface area contributed by atoms with Crippen LogP contribution >= 0.6 is 0 Å². The van der Waals surface area contributed by atoms with Crippen molar-refractivity contribution in [1.82, 2.24) is 4.90 Å². The van der Waals surface area contributed by atoms with Crippen molar-refractivity contribution in [3.8, 4) is 12.3 Å². The molecule has 0 saturated heterocycles. The summed E-state index contributed by atoms with van der Waals surface area (Å²) in [5, 5.41) is 8.58. The Morgan fingerprint density at radius 2 is 2.00 bits per heavy atom. The van der Waals surface area contributed by atoms with Crippen molar-refractivity contribution in [1.29, 1.82) is 0 Å². The van der Waals surface area contributed by atoms with E-state index in [9.17, 15) is 0 Å². The minimum absolute atomic E-state index is 0.171. The third kappa shape index (κ3) is 3.75. The van der Waals surface area contributed by atoms with E-state index in [4.69, 9.17) is 11.5 Å². The Morgan fingerprint density at radius 1 is 1.42 bits per heavy atom. The van der Waals surface area contributed by atoms with E-state index in [1.807, 2.05) is 20.9 Å². The summed E-state index contributed by atoms with van der Waals surface area (Å²) in [7, 11) is 2.01. The van der Waals surface area contributed by atoms with Crippen LogP contribution in [0.25, 0.3) is 0 Å². The standard InChI is InChI=1S/C10H19NO/c1-5-10(2,3)11(4)8-6-7-9-12/h1,12H,6-9H2,2-4H3. The van der Waals surface area contributed by atoms with Crippen LogP contribution < -0.4 is 0 Å². The average molecular weight is 169 g/mol. The van der Waals surface area contributed by atoms with E-state index in [-0.39, 0.29) is 12.1 Å². The molecule has 0 atom stereocenters. The van der Waals surface area contributed by atoms with Gasteiger partial charge in [-0.05, 0) is 40.3 Å². The predicted octanol–water partition coefficient (Wildman–Crippen LogP) is 1.10. The summed E-state index contributed by atoms with van der Waals surface area (Å²) in [5.41, 5.74) is -0.171. The zero-order valence-corrected chi connectivity index (χ0v) is 8.30. The van der Waals surface area contributed by atoms with Crippen LogP contribution in [0.3, 0.4) is 0 Å². The normalized spacial score (nSPS) is 11.7. The van der Waals surface area contributed by atoms with Crippen molar-refractivity contribution in [2.45, 2.75) is 32.2 Å². The van der Waals surface area contributed by atoms with Gasteiger partial charge in [-0.1, -0.05) is 5.92 Å². The molecule has 0 saturated carbocycles. The Balaban J connectivity index is 3.73. The van der Waals surface area contributed by atoms with Crippen LogP contribution in [0.1, 0.15) is 26.7 Å². The molecule has 0 radical (unpaired) electrons. The smallest absolute Gasteiger partial charge is 0.0763 e. The van der Waals surface area contributed by atoms with E-state index < -0.39 is 0 Å². The summed E-state index contributed by atoms with van der Waals surface area (Å²) < 4.78 is 0. The number of nitrogens with zero attached hydrogens (tertiary/aromatic N) is 1. The number of unbranched alkanes of at least 4 members (excludes halogenated alkanes) is 1. The molecule has 0 unspecified atom stereocenters. The van der Waals surface area contributed by atoms with Crippen molar-refractivity contribution >= 4 is 0 Å². The number of rotatable bonds is 5. The fraction of sp³-hybridized carbons (Fsp3) is 0.800. The Hall–Kier alpha value is -0.520. The number of aliphatic hydroxyl groups is 1. The first kappa shape index (κ1) is 11.5. The Kier molecular flexibility index (Phi) is 4.96. The highest BCUT2D eigenvalue weighted by Crippen LogP contribution is 2.10. The van der Waals surface area contributed by atoms with Crippen LogP contribution in [0.5, 0.6) is 0 Å². The molecule has 12 heavy (non-hydrogen) atoms. The van der Waals surface area contributed by atoms with E-state index in [1.54, 1.807) is 0 Å². The van der Waals surface area contributed by atoms with E-state index in [0.29, 0.717) is 0 Å². The maximum absolute atomic E-state index is 8.58. The Labute approximate surface area is 75.6 Å². The molecule has 0 aliphatic rings. The van der Waals surface area contributed by atoms with Crippen molar-refractivity contribution < 1.29 is 5.11 Å². The van der Waals surface area contributed by atoms with E-state index in [0.717, 1.165) is 19.4 Å². The molecule has 0 bridgehead atoms. The van der Waals surface area contributed by atoms with Gasteiger partial charge in [0.2, 0.25) is 0 Å². The summed E-state index contributed by atoms with van der Waals surface area (Å²) in [6.45, 7) is 5.25. The summed E-state index contributed by atoms with van der Waals surface area (Å²) in [6.07, 6.45) is 7.22. The van der Waals surface area contributed by atoms with Crippen LogP contribution in [-0.4, -0.2) is 35.7 Å². The summed E-state index contributed by atoms with van der Waals surface area (Å²) in [6, 6.07) is 0. The number of hydrogen-bond acceptors (Lipinski definition) is 2. The topological polar surface area (TPSA) is 23.5 Å². The highest BCUT2D eigenvalue weighted by molar-refractivity contribution is 5.07. The van der Waals surface area contributed by atoms with E-state index in [1.165, 1.54) is 0 Å². The molecule has 2 nitrogen and oxygen atoms in total. The molecule has 70 valence electrons. The lowest BCUT2D eigenvalue weighted by molar-refractivity contribution is 0.199. The minimum atomic E-state index is -0.171. The monoisotopic (exact) mass is 169 g/mol. The van der Waals surface area contributed by atoms with Gasteiger partial charge in [0, 0.05) is 6.61 Å². The van der Waals surface area contributed by atoms with Crippen molar-refractivity contribution in [2.24, 2.45) is 0 Å². The Morgan fingerprint density at radius 3 is 2.42 bits per heavy atom. The van der Waals surface area contributed by atoms with Gasteiger partial charge in [0.15, 0.2) is 0 Å². The molecule has 0 aromatic carbocycles. The van der Waals surface area contributed by atoms with Gasteiger partial charge in [-0.15, -0.1) is 6.42 Å². The first-order valence-corrected chi connectivity index (χ1v) is 4.34. The second-order valence-corrected chi connectivity index (χ2v) is 3.56. The van der Waals surface area contributed by atoms with Crippen LogP contribution in [0.4, 0.5) is 0 Å². The van der Waals surface area contributed by atoms with Crippen molar-refractivity contribution in [3.05, 3.63) is 0 Å². The maximum Gasteiger partial charge on any atom is 0.0763 e. The fourth-order valence-corrected chi connectivity index (χ4v) is 0.850. The van der Waals surface area contributed by atoms with Gasteiger partial charge in [0.1, 0.15) is 0 Å². The molecule has 1 N–H and O–H groups in total. The summed E-state index contributed by atoms with van der Waals surface area (Å²) in [5.74, 6) is 2.73. The SMILES string of the molecule is C#CC(C)(C)N(C)CCCCO. The van der Waals surface area contributed by atoms with E-state index in [2.05, 4.69) is 10.8 Å². The lowest BCUT2D eigenvalue weighted by atomic mass is 10.0. The third-order valence-electron chi connectivity index (χ3n) is 2.21. The van der Waals surface area contributed by atoms with Gasteiger partial charge < -0.3 is 5.11 Å². The fourth-order valence-electron chi connectivity index (χ4n) is 0.850. The molecule has 0 heterocycles. The zero-order valence-electron chi connectivity index (χ0n) is 8.30. The summed E-state index contributed by atoms with van der Waals surface area (Å²) >= 11 is 0. The molecule has 0 spiro atoms. The quantitative estimate of drug-likeness (QED) is 0.492. The molecule has 2 heteroatoms. The molecule has 0 rings (SSSR count). The van der Waals surface area contributed by atoms with Gasteiger partial charge >= 0.3 is 0 Å². The minimum Gasteiger partial charge on any atom is -0.396 e. The molecular weight excluding hydrogens is 150 g/mol. The highest BCUT2D eigenvalue weighted by Gasteiger charge is 2.18. The molecule has 0 fully saturated rings. The van der Waals surface area contributed by atoms with E-state index >= 15 is 0 Å². The van der Waals surface area contributed by atoms with Gasteiger partial charge in [0.25, 0.3) is 0 Å². The van der Waals surface area contributed by atoms with Crippen LogP contribution in [0.2, 0.25) is 0 Å². The van der Waals surface area contributed by atoms with Crippen molar-refractivity contribution in [3.63, 3.8) is 0 Å². The zero-order chi connectivity index (χ0) is 9.61. The molecular formula is C10H19NO. The van der Waals surface area contributed by atoms with Gasteiger partial charge in [0.05, 0.1) is 5.54 Å². The maximum atomic E-state index is 8.58. The van der Waals surface area contributed by atoms with Gasteiger partial charge in [-0.25, -0.2) is 0 Å². The lowest BCUT2D eigenvalue weighted by Gasteiger charge is -2.30. The van der Waals surface area contributed by atoms with Crippen molar-refractivity contribution in [2.75, 3.05) is 20.2 Å². The number of terminal acetylenes is 1. The molecule has 0 amide bonds.